The van der Waals surface area contributed by atoms with Crippen LogP contribution in [0.15, 0.2) is 40.8 Å². The summed E-state index contributed by atoms with van der Waals surface area (Å²) in [6, 6.07) is 10.7. The molecule has 0 aliphatic heterocycles. The fraction of sp³-hybridized carbons (Fsp3) is 0.400. The van der Waals surface area contributed by atoms with E-state index < -0.39 is 0 Å². The Morgan fingerprint density at radius 1 is 1.15 bits per heavy atom. The molecule has 0 bridgehead atoms. The molecule has 0 spiro atoms. The van der Waals surface area contributed by atoms with Crippen LogP contribution in [0.2, 0.25) is 0 Å². The van der Waals surface area contributed by atoms with Crippen LogP contribution in [0.5, 0.6) is 0 Å². The first kappa shape index (κ1) is 19.7. The van der Waals surface area contributed by atoms with E-state index in [9.17, 15) is 9.59 Å². The van der Waals surface area contributed by atoms with E-state index in [1.165, 1.54) is 6.92 Å². The standard InChI is InChI=1S/C20H27N3O3/c1-5-23(6-2)13-18-10-11-19(26-18)20(25)21-14(3)16-8-7-9-17(12-16)22-15(4)24/h7-12,14H,5-6,13H2,1-4H3,(H,21,25)(H,22,24). The first-order valence-corrected chi connectivity index (χ1v) is 8.92. The number of benzene rings is 1. The zero-order valence-corrected chi connectivity index (χ0v) is 15.8. The summed E-state index contributed by atoms with van der Waals surface area (Å²) < 4.78 is 5.68. The van der Waals surface area contributed by atoms with E-state index in [0.717, 1.165) is 24.4 Å². The summed E-state index contributed by atoms with van der Waals surface area (Å²) >= 11 is 0. The molecule has 2 aromatic rings. The van der Waals surface area contributed by atoms with Gasteiger partial charge in [0.15, 0.2) is 5.76 Å². The Morgan fingerprint density at radius 2 is 1.88 bits per heavy atom. The predicted molar refractivity (Wildman–Crippen MR) is 102 cm³/mol. The number of rotatable bonds is 8. The Hall–Kier alpha value is -2.60. The highest BCUT2D eigenvalue weighted by Crippen LogP contribution is 2.18. The van der Waals surface area contributed by atoms with Crippen LogP contribution in [0.1, 0.15) is 55.6 Å². The van der Waals surface area contributed by atoms with Gasteiger partial charge in [-0.05, 0) is 49.8 Å². The van der Waals surface area contributed by atoms with Crippen molar-refractivity contribution in [3.05, 3.63) is 53.5 Å². The topological polar surface area (TPSA) is 74.6 Å². The lowest BCUT2D eigenvalue weighted by molar-refractivity contribution is -0.114. The van der Waals surface area contributed by atoms with Gasteiger partial charge in [0.05, 0.1) is 12.6 Å². The average molecular weight is 357 g/mol. The highest BCUT2D eigenvalue weighted by molar-refractivity contribution is 5.92. The van der Waals surface area contributed by atoms with Gasteiger partial charge in [0.1, 0.15) is 5.76 Å². The quantitative estimate of drug-likeness (QED) is 0.757. The van der Waals surface area contributed by atoms with Crippen LogP contribution in [-0.2, 0) is 11.3 Å². The number of hydrogen-bond acceptors (Lipinski definition) is 4. The lowest BCUT2D eigenvalue weighted by Gasteiger charge is -2.16. The number of furan rings is 1. The van der Waals surface area contributed by atoms with Gasteiger partial charge in [0, 0.05) is 12.6 Å². The van der Waals surface area contributed by atoms with Crippen molar-refractivity contribution in [2.75, 3.05) is 18.4 Å². The number of anilines is 1. The molecule has 0 saturated heterocycles. The molecule has 1 aromatic carbocycles. The second kappa shape index (κ2) is 9.20. The molecule has 2 amide bonds. The molecule has 1 atom stereocenters. The van der Waals surface area contributed by atoms with Crippen molar-refractivity contribution in [2.45, 2.75) is 40.3 Å². The van der Waals surface area contributed by atoms with Gasteiger partial charge >= 0.3 is 0 Å². The van der Waals surface area contributed by atoms with Crippen LogP contribution in [0, 0.1) is 0 Å². The summed E-state index contributed by atoms with van der Waals surface area (Å²) in [5.74, 6) is 0.694. The van der Waals surface area contributed by atoms with Gasteiger partial charge in [0.25, 0.3) is 5.91 Å². The van der Waals surface area contributed by atoms with E-state index in [-0.39, 0.29) is 17.9 Å². The third-order valence-corrected chi connectivity index (χ3v) is 4.21. The number of carbonyl (C=O) groups is 2. The second-order valence-corrected chi connectivity index (χ2v) is 6.23. The molecule has 26 heavy (non-hydrogen) atoms. The van der Waals surface area contributed by atoms with Crippen molar-refractivity contribution < 1.29 is 14.0 Å². The van der Waals surface area contributed by atoms with E-state index in [1.54, 1.807) is 6.07 Å². The molecule has 0 saturated carbocycles. The zero-order chi connectivity index (χ0) is 19.1. The molecule has 140 valence electrons. The van der Waals surface area contributed by atoms with Crippen molar-refractivity contribution in [3.63, 3.8) is 0 Å². The largest absolute Gasteiger partial charge is 0.455 e. The Morgan fingerprint density at radius 3 is 2.54 bits per heavy atom. The van der Waals surface area contributed by atoms with Gasteiger partial charge in [-0.1, -0.05) is 26.0 Å². The molecule has 2 N–H and O–H groups in total. The fourth-order valence-electron chi connectivity index (χ4n) is 2.69. The van der Waals surface area contributed by atoms with Crippen molar-refractivity contribution in [1.82, 2.24) is 10.2 Å². The van der Waals surface area contributed by atoms with Gasteiger partial charge in [-0.25, -0.2) is 0 Å². The number of nitrogens with zero attached hydrogens (tertiary/aromatic N) is 1. The summed E-state index contributed by atoms with van der Waals surface area (Å²) in [6.07, 6.45) is 0. The van der Waals surface area contributed by atoms with Gasteiger partial charge < -0.3 is 15.1 Å². The summed E-state index contributed by atoms with van der Waals surface area (Å²) in [7, 11) is 0. The summed E-state index contributed by atoms with van der Waals surface area (Å²) in [6.45, 7) is 10.1. The summed E-state index contributed by atoms with van der Waals surface area (Å²) in [5.41, 5.74) is 1.61. The van der Waals surface area contributed by atoms with Gasteiger partial charge in [-0.15, -0.1) is 0 Å². The minimum Gasteiger partial charge on any atom is -0.455 e. The van der Waals surface area contributed by atoms with E-state index in [1.807, 2.05) is 37.3 Å². The van der Waals surface area contributed by atoms with Gasteiger partial charge in [-0.2, -0.15) is 0 Å². The van der Waals surface area contributed by atoms with Crippen LogP contribution in [0.4, 0.5) is 5.69 Å². The zero-order valence-electron chi connectivity index (χ0n) is 15.8. The second-order valence-electron chi connectivity index (χ2n) is 6.23. The Balaban J connectivity index is 2.01. The molecular formula is C20H27N3O3. The molecule has 2 rings (SSSR count). The fourth-order valence-corrected chi connectivity index (χ4v) is 2.69. The van der Waals surface area contributed by atoms with E-state index in [2.05, 4.69) is 29.4 Å². The van der Waals surface area contributed by atoms with Crippen LogP contribution >= 0.6 is 0 Å². The third-order valence-electron chi connectivity index (χ3n) is 4.21. The molecule has 0 radical (unpaired) electrons. The molecule has 0 fully saturated rings. The minimum atomic E-state index is -0.256. The molecule has 1 unspecified atom stereocenters. The van der Waals surface area contributed by atoms with Crippen molar-refractivity contribution in [1.29, 1.82) is 0 Å². The Bertz CT molecular complexity index is 750. The van der Waals surface area contributed by atoms with Crippen molar-refractivity contribution >= 4 is 17.5 Å². The lowest BCUT2D eigenvalue weighted by Crippen LogP contribution is -2.26. The monoisotopic (exact) mass is 357 g/mol. The van der Waals surface area contributed by atoms with Gasteiger partial charge in [-0.3, -0.25) is 14.5 Å². The first-order valence-electron chi connectivity index (χ1n) is 8.92. The van der Waals surface area contributed by atoms with Crippen LogP contribution < -0.4 is 10.6 Å². The van der Waals surface area contributed by atoms with E-state index >= 15 is 0 Å². The van der Waals surface area contributed by atoms with E-state index in [4.69, 9.17) is 4.42 Å². The highest BCUT2D eigenvalue weighted by atomic mass is 16.4. The molecule has 6 heteroatoms. The van der Waals surface area contributed by atoms with Crippen molar-refractivity contribution in [2.24, 2.45) is 0 Å². The maximum absolute atomic E-state index is 12.4. The predicted octanol–water partition coefficient (Wildman–Crippen LogP) is 3.57. The SMILES string of the molecule is CCN(CC)Cc1ccc(C(=O)NC(C)c2cccc(NC(C)=O)c2)o1. The van der Waals surface area contributed by atoms with Crippen LogP contribution in [-0.4, -0.2) is 29.8 Å². The maximum Gasteiger partial charge on any atom is 0.287 e. The third kappa shape index (κ3) is 5.46. The molecule has 1 aromatic heterocycles. The number of carbonyl (C=O) groups excluding carboxylic acids is 2. The number of hydrogen-bond donors (Lipinski definition) is 2. The molecule has 0 aliphatic rings. The molecule has 6 nitrogen and oxygen atoms in total. The number of nitrogens with one attached hydrogen (secondary N) is 2. The average Bonchev–Trinajstić information content (AvgIpc) is 3.08. The Kier molecular flexibility index (Phi) is 6.97. The van der Waals surface area contributed by atoms with Crippen LogP contribution in [0.25, 0.3) is 0 Å². The Labute approximate surface area is 154 Å². The van der Waals surface area contributed by atoms with Crippen molar-refractivity contribution in [3.8, 4) is 0 Å². The lowest BCUT2D eigenvalue weighted by atomic mass is 10.1. The van der Waals surface area contributed by atoms with E-state index in [0.29, 0.717) is 18.0 Å². The smallest absolute Gasteiger partial charge is 0.287 e. The molecule has 0 aliphatic carbocycles. The van der Waals surface area contributed by atoms with Gasteiger partial charge in [0.2, 0.25) is 5.91 Å². The minimum absolute atomic E-state index is 0.129. The normalized spacial score (nSPS) is 12.0. The van der Waals surface area contributed by atoms with Crippen LogP contribution in [0.3, 0.4) is 0 Å². The summed E-state index contributed by atoms with van der Waals surface area (Å²) in [4.78, 5) is 25.8. The molecular weight excluding hydrogens is 330 g/mol. The maximum atomic E-state index is 12.4. The first-order chi connectivity index (χ1) is 12.4. The number of amides is 2. The molecule has 1 heterocycles. The highest BCUT2D eigenvalue weighted by Gasteiger charge is 2.16. The summed E-state index contributed by atoms with van der Waals surface area (Å²) in [5, 5.41) is 5.67.